The van der Waals surface area contributed by atoms with Crippen LogP contribution in [0.15, 0.2) is 0 Å². The topological polar surface area (TPSA) is 32.7 Å². The Morgan fingerprint density at radius 2 is 2.27 bits per heavy atom. The average molecular weight is 215 g/mol. The predicted octanol–water partition coefficient (Wildman–Crippen LogP) is 1.50. The van der Waals surface area contributed by atoms with Crippen LogP contribution in [-0.4, -0.2) is 49.0 Å². The van der Waals surface area contributed by atoms with E-state index >= 15 is 0 Å². The lowest BCUT2D eigenvalue weighted by atomic mass is 9.96. The smallest absolute Gasteiger partial charge is 0.0690 e. The maximum Gasteiger partial charge on any atom is 0.0690 e. The summed E-state index contributed by atoms with van der Waals surface area (Å²) in [5, 5.41) is 9.82. The Kier molecular flexibility index (Phi) is 5.58. The minimum atomic E-state index is -0.189. The van der Waals surface area contributed by atoms with E-state index in [9.17, 15) is 5.11 Å². The van der Waals surface area contributed by atoms with Crippen LogP contribution in [0.3, 0.4) is 0 Å². The van der Waals surface area contributed by atoms with Crippen molar-refractivity contribution in [2.45, 2.75) is 45.3 Å². The highest BCUT2D eigenvalue weighted by Gasteiger charge is 2.26. The van der Waals surface area contributed by atoms with Crippen LogP contribution in [-0.2, 0) is 4.74 Å². The fraction of sp³-hybridized carbons (Fsp3) is 1.00. The molecule has 0 aliphatic carbocycles. The van der Waals surface area contributed by atoms with Crippen LogP contribution in [0.2, 0.25) is 0 Å². The zero-order valence-electron chi connectivity index (χ0n) is 10.3. The molecule has 1 saturated heterocycles. The van der Waals surface area contributed by atoms with E-state index in [4.69, 9.17) is 4.74 Å². The molecule has 1 aliphatic heterocycles. The molecule has 1 rings (SSSR count). The van der Waals surface area contributed by atoms with Crippen molar-refractivity contribution in [1.82, 2.24) is 4.90 Å². The SMILES string of the molecule is CCC(O)C(C)N1CCCC(COC)C1. The van der Waals surface area contributed by atoms with Crippen LogP contribution in [0.4, 0.5) is 0 Å². The summed E-state index contributed by atoms with van der Waals surface area (Å²) in [5.41, 5.74) is 0. The normalized spacial score (nSPS) is 27.6. The highest BCUT2D eigenvalue weighted by molar-refractivity contribution is 4.80. The van der Waals surface area contributed by atoms with Gasteiger partial charge >= 0.3 is 0 Å². The second-order valence-corrected chi connectivity index (χ2v) is 4.67. The number of ether oxygens (including phenoxy) is 1. The fourth-order valence-corrected chi connectivity index (χ4v) is 2.42. The highest BCUT2D eigenvalue weighted by Crippen LogP contribution is 2.20. The second-order valence-electron chi connectivity index (χ2n) is 4.67. The standard InChI is InChI=1S/C12H25NO2/c1-4-12(14)10(2)13-7-5-6-11(8-13)9-15-3/h10-12,14H,4-9H2,1-3H3. The summed E-state index contributed by atoms with van der Waals surface area (Å²) >= 11 is 0. The van der Waals surface area contributed by atoms with Crippen LogP contribution in [0.1, 0.15) is 33.1 Å². The van der Waals surface area contributed by atoms with Crippen molar-refractivity contribution >= 4 is 0 Å². The first-order valence-corrected chi connectivity index (χ1v) is 6.10. The van der Waals surface area contributed by atoms with Gasteiger partial charge in [-0.2, -0.15) is 0 Å². The number of hydrogen-bond donors (Lipinski definition) is 1. The molecule has 15 heavy (non-hydrogen) atoms. The van der Waals surface area contributed by atoms with Crippen molar-refractivity contribution in [3.8, 4) is 0 Å². The number of methoxy groups -OCH3 is 1. The van der Waals surface area contributed by atoms with E-state index in [-0.39, 0.29) is 12.1 Å². The second kappa shape index (κ2) is 6.46. The first-order chi connectivity index (χ1) is 7.19. The van der Waals surface area contributed by atoms with Crippen molar-refractivity contribution in [2.75, 3.05) is 26.8 Å². The molecule has 1 fully saturated rings. The molecule has 0 amide bonds. The third-order valence-corrected chi connectivity index (χ3v) is 3.50. The number of likely N-dealkylation sites (tertiary alicyclic amines) is 1. The average Bonchev–Trinajstić information content (AvgIpc) is 2.28. The summed E-state index contributed by atoms with van der Waals surface area (Å²) in [6.07, 6.45) is 3.15. The van der Waals surface area contributed by atoms with Gasteiger partial charge in [-0.05, 0) is 38.6 Å². The van der Waals surface area contributed by atoms with E-state index in [1.54, 1.807) is 7.11 Å². The first-order valence-electron chi connectivity index (χ1n) is 6.10. The number of rotatable bonds is 5. The molecular weight excluding hydrogens is 190 g/mol. The Labute approximate surface area is 93.4 Å². The van der Waals surface area contributed by atoms with E-state index < -0.39 is 0 Å². The number of aliphatic hydroxyl groups is 1. The van der Waals surface area contributed by atoms with Gasteiger partial charge < -0.3 is 9.84 Å². The first kappa shape index (κ1) is 12.9. The monoisotopic (exact) mass is 215 g/mol. The summed E-state index contributed by atoms with van der Waals surface area (Å²) in [6.45, 7) is 7.22. The number of nitrogens with zero attached hydrogens (tertiary/aromatic N) is 1. The van der Waals surface area contributed by atoms with Gasteiger partial charge in [0.1, 0.15) is 0 Å². The Hall–Kier alpha value is -0.120. The van der Waals surface area contributed by atoms with Crippen LogP contribution in [0.25, 0.3) is 0 Å². The van der Waals surface area contributed by atoms with Crippen molar-refractivity contribution < 1.29 is 9.84 Å². The summed E-state index contributed by atoms with van der Waals surface area (Å²) in [4.78, 5) is 2.40. The zero-order valence-corrected chi connectivity index (χ0v) is 10.3. The molecule has 3 atom stereocenters. The molecule has 0 aromatic rings. The number of hydrogen-bond acceptors (Lipinski definition) is 3. The summed E-state index contributed by atoms with van der Waals surface area (Å²) < 4.78 is 5.21. The fourth-order valence-electron chi connectivity index (χ4n) is 2.42. The maximum atomic E-state index is 9.82. The van der Waals surface area contributed by atoms with E-state index in [0.717, 1.165) is 26.1 Å². The molecule has 0 aromatic heterocycles. The van der Waals surface area contributed by atoms with Gasteiger partial charge in [0.05, 0.1) is 12.7 Å². The molecule has 0 bridgehead atoms. The lowest BCUT2D eigenvalue weighted by molar-refractivity contribution is 0.0163. The Morgan fingerprint density at radius 1 is 1.53 bits per heavy atom. The van der Waals surface area contributed by atoms with Crippen molar-refractivity contribution in [3.63, 3.8) is 0 Å². The van der Waals surface area contributed by atoms with Crippen molar-refractivity contribution in [2.24, 2.45) is 5.92 Å². The lowest BCUT2D eigenvalue weighted by Crippen LogP contribution is -2.47. The van der Waals surface area contributed by atoms with Crippen LogP contribution in [0, 0.1) is 5.92 Å². The number of aliphatic hydroxyl groups excluding tert-OH is 1. The molecule has 3 nitrogen and oxygen atoms in total. The zero-order chi connectivity index (χ0) is 11.3. The molecular formula is C12H25NO2. The maximum absolute atomic E-state index is 9.82. The van der Waals surface area contributed by atoms with Crippen molar-refractivity contribution in [1.29, 1.82) is 0 Å². The van der Waals surface area contributed by atoms with Gasteiger partial charge in [0.25, 0.3) is 0 Å². The van der Waals surface area contributed by atoms with Crippen LogP contribution < -0.4 is 0 Å². The van der Waals surface area contributed by atoms with Gasteiger partial charge in [-0.25, -0.2) is 0 Å². The van der Waals surface area contributed by atoms with Gasteiger partial charge in [0.15, 0.2) is 0 Å². The minimum absolute atomic E-state index is 0.189. The molecule has 3 unspecified atom stereocenters. The Morgan fingerprint density at radius 3 is 2.87 bits per heavy atom. The van der Waals surface area contributed by atoms with Crippen molar-refractivity contribution in [3.05, 3.63) is 0 Å². The highest BCUT2D eigenvalue weighted by atomic mass is 16.5. The molecule has 0 radical (unpaired) electrons. The van der Waals surface area contributed by atoms with E-state index in [2.05, 4.69) is 11.8 Å². The lowest BCUT2D eigenvalue weighted by Gasteiger charge is -2.38. The van der Waals surface area contributed by atoms with E-state index in [1.165, 1.54) is 12.8 Å². The van der Waals surface area contributed by atoms with Crippen LogP contribution in [0.5, 0.6) is 0 Å². The molecule has 1 heterocycles. The largest absolute Gasteiger partial charge is 0.392 e. The molecule has 90 valence electrons. The van der Waals surface area contributed by atoms with Crippen LogP contribution >= 0.6 is 0 Å². The Balaban J connectivity index is 2.41. The summed E-state index contributed by atoms with van der Waals surface area (Å²) in [5.74, 6) is 0.648. The Bertz CT molecular complexity index is 173. The quantitative estimate of drug-likeness (QED) is 0.754. The minimum Gasteiger partial charge on any atom is -0.392 e. The molecule has 0 spiro atoms. The third kappa shape index (κ3) is 3.74. The van der Waals surface area contributed by atoms with Gasteiger partial charge in [0.2, 0.25) is 0 Å². The van der Waals surface area contributed by atoms with Gasteiger partial charge in [0, 0.05) is 19.7 Å². The molecule has 0 aromatic carbocycles. The van der Waals surface area contributed by atoms with Gasteiger partial charge in [-0.15, -0.1) is 0 Å². The summed E-state index contributed by atoms with van der Waals surface area (Å²) in [7, 11) is 1.77. The number of piperidine rings is 1. The third-order valence-electron chi connectivity index (χ3n) is 3.50. The molecule has 1 aliphatic rings. The van der Waals surface area contributed by atoms with E-state index in [0.29, 0.717) is 5.92 Å². The van der Waals surface area contributed by atoms with E-state index in [1.807, 2.05) is 6.92 Å². The summed E-state index contributed by atoms with van der Waals surface area (Å²) in [6, 6.07) is 0.287. The van der Waals surface area contributed by atoms with Gasteiger partial charge in [-0.3, -0.25) is 4.90 Å². The molecule has 0 saturated carbocycles. The predicted molar refractivity (Wildman–Crippen MR) is 61.9 cm³/mol. The molecule has 1 N–H and O–H groups in total. The van der Waals surface area contributed by atoms with Gasteiger partial charge in [-0.1, -0.05) is 6.92 Å². The molecule has 3 heteroatoms.